The van der Waals surface area contributed by atoms with Crippen LogP contribution in [0.1, 0.15) is 27.6 Å². The number of halogens is 4. The van der Waals surface area contributed by atoms with Crippen LogP contribution in [-0.4, -0.2) is 21.0 Å². The molecule has 0 aliphatic carbocycles. The molecule has 33 heavy (non-hydrogen) atoms. The lowest BCUT2D eigenvalue weighted by Gasteiger charge is -2.08. The van der Waals surface area contributed by atoms with Crippen molar-refractivity contribution in [3.63, 3.8) is 0 Å². The van der Waals surface area contributed by atoms with Gasteiger partial charge >= 0.3 is 12.1 Å². The van der Waals surface area contributed by atoms with E-state index in [0.29, 0.717) is 38.5 Å². The summed E-state index contributed by atoms with van der Waals surface area (Å²) in [6.45, 7) is 3.63. The zero-order valence-corrected chi connectivity index (χ0v) is 18.1. The molecule has 6 nitrogen and oxygen atoms in total. The lowest BCUT2D eigenvalue weighted by atomic mass is 10.1. The second-order valence-corrected chi connectivity index (χ2v) is 8.36. The molecule has 0 unspecified atom stereocenters. The number of ether oxygens (including phenoxy) is 1. The molecule has 4 rings (SSSR count). The van der Waals surface area contributed by atoms with Crippen molar-refractivity contribution >= 4 is 28.4 Å². The van der Waals surface area contributed by atoms with Crippen molar-refractivity contribution in [2.75, 3.05) is 0 Å². The molecule has 0 radical (unpaired) electrons. The summed E-state index contributed by atoms with van der Waals surface area (Å²) in [5.74, 6) is -1.86. The van der Waals surface area contributed by atoms with Gasteiger partial charge < -0.3 is 14.3 Å². The predicted octanol–water partition coefficient (Wildman–Crippen LogP) is 5.93. The van der Waals surface area contributed by atoms with Crippen LogP contribution >= 0.6 is 11.3 Å². The van der Waals surface area contributed by atoms with Crippen molar-refractivity contribution in [3.8, 4) is 16.3 Å². The molecule has 0 saturated carbocycles. The summed E-state index contributed by atoms with van der Waals surface area (Å²) < 4.78 is 63.6. The first kappa shape index (κ1) is 22.7. The van der Waals surface area contributed by atoms with Crippen LogP contribution in [0.15, 0.2) is 34.7 Å². The number of aryl methyl sites for hydroxylation is 2. The second kappa shape index (κ2) is 8.47. The molecule has 0 aliphatic heterocycles. The van der Waals surface area contributed by atoms with E-state index < -0.39 is 23.5 Å². The van der Waals surface area contributed by atoms with E-state index in [2.05, 4.69) is 9.97 Å². The highest BCUT2D eigenvalue weighted by atomic mass is 32.1. The first-order valence-corrected chi connectivity index (χ1v) is 10.4. The normalized spacial score (nSPS) is 11.8. The number of hydrogen-bond acceptors (Lipinski definition) is 6. The highest BCUT2D eigenvalue weighted by Crippen LogP contribution is 2.35. The Kier molecular flexibility index (Phi) is 5.83. The summed E-state index contributed by atoms with van der Waals surface area (Å²) in [5, 5.41) is 9.27. The third-order valence-electron chi connectivity index (χ3n) is 4.79. The van der Waals surface area contributed by atoms with Gasteiger partial charge in [-0.3, -0.25) is 4.79 Å². The van der Waals surface area contributed by atoms with Crippen LogP contribution in [0.3, 0.4) is 0 Å². The third-order valence-corrected chi connectivity index (χ3v) is 5.97. The molecule has 4 aromatic rings. The second-order valence-electron chi connectivity index (χ2n) is 7.27. The van der Waals surface area contributed by atoms with Crippen molar-refractivity contribution in [2.45, 2.75) is 33.1 Å². The minimum atomic E-state index is -4.77. The largest absolute Gasteiger partial charge is 0.488 e. The fourth-order valence-corrected chi connectivity index (χ4v) is 4.18. The average Bonchev–Trinajstić information content (AvgIpc) is 3.28. The highest BCUT2D eigenvalue weighted by molar-refractivity contribution is 7.15. The Balaban J connectivity index is 1.53. The monoisotopic (exact) mass is 480 g/mol. The lowest BCUT2D eigenvalue weighted by Crippen LogP contribution is -2.07. The van der Waals surface area contributed by atoms with Gasteiger partial charge in [-0.2, -0.15) is 13.2 Å². The van der Waals surface area contributed by atoms with Crippen molar-refractivity contribution < 1.29 is 36.6 Å². The molecular weight excluding hydrogens is 464 g/mol. The first-order valence-electron chi connectivity index (χ1n) is 9.59. The fourth-order valence-electron chi connectivity index (χ4n) is 3.21. The number of alkyl halides is 3. The quantitative estimate of drug-likeness (QED) is 0.344. The number of fused-ring (bicyclic) bond motifs is 1. The number of benzene rings is 2. The summed E-state index contributed by atoms with van der Waals surface area (Å²) in [6.07, 6.45) is -5.10. The molecule has 0 atom stereocenters. The highest BCUT2D eigenvalue weighted by Gasteiger charge is 2.34. The minimum absolute atomic E-state index is 0.0875. The molecule has 0 spiro atoms. The topological polar surface area (TPSA) is 85.5 Å². The number of aliphatic carboxylic acids is 1. The number of carboxylic acids is 1. The number of nitrogens with zero attached hydrogens (tertiary/aromatic N) is 2. The van der Waals surface area contributed by atoms with Crippen LogP contribution in [0.4, 0.5) is 17.6 Å². The molecule has 0 bridgehead atoms. The lowest BCUT2D eigenvalue weighted by molar-refractivity contribution is -0.140. The van der Waals surface area contributed by atoms with Gasteiger partial charge in [0.1, 0.15) is 35.1 Å². The molecule has 2 aromatic carbocycles. The van der Waals surface area contributed by atoms with Gasteiger partial charge in [0.15, 0.2) is 5.58 Å². The maximum atomic E-state index is 13.9. The molecule has 2 aromatic heterocycles. The minimum Gasteiger partial charge on any atom is -0.488 e. The molecule has 172 valence electrons. The molecule has 2 heterocycles. The van der Waals surface area contributed by atoms with Crippen LogP contribution < -0.4 is 4.74 Å². The number of rotatable bonds is 6. The van der Waals surface area contributed by atoms with E-state index >= 15 is 0 Å². The standard InChI is InChI=1S/C22H16F4N2O4S/c1-10-5-13(7-16-20(10)28-18(32-16)8-19(29)30)31-9-17-11(2)27-21(33-17)12-3-4-14(15(23)6-12)22(24,25)26/h3-7H,8-9H2,1-2H3,(H,29,30). The fraction of sp³-hybridized carbons (Fsp3) is 0.227. The summed E-state index contributed by atoms with van der Waals surface area (Å²) >= 11 is 1.19. The van der Waals surface area contributed by atoms with Crippen molar-refractivity contribution in [3.05, 3.63) is 63.7 Å². The van der Waals surface area contributed by atoms with Crippen molar-refractivity contribution in [1.29, 1.82) is 0 Å². The molecule has 0 aliphatic rings. The molecule has 0 amide bonds. The maximum absolute atomic E-state index is 13.9. The van der Waals surface area contributed by atoms with Gasteiger partial charge in [0, 0.05) is 11.6 Å². The Morgan fingerprint density at radius 3 is 2.61 bits per heavy atom. The Hall–Kier alpha value is -3.47. The van der Waals surface area contributed by atoms with Crippen LogP contribution in [0.2, 0.25) is 0 Å². The van der Waals surface area contributed by atoms with Crippen molar-refractivity contribution in [1.82, 2.24) is 9.97 Å². The summed E-state index contributed by atoms with van der Waals surface area (Å²) in [4.78, 5) is 20.1. The van der Waals surface area contributed by atoms with Gasteiger partial charge in [-0.25, -0.2) is 14.4 Å². The zero-order chi connectivity index (χ0) is 23.9. The van der Waals surface area contributed by atoms with Gasteiger partial charge in [0.25, 0.3) is 0 Å². The van der Waals surface area contributed by atoms with Crippen molar-refractivity contribution in [2.24, 2.45) is 0 Å². The number of thiazole rings is 1. The third kappa shape index (κ3) is 4.82. The van der Waals surface area contributed by atoms with Crippen LogP contribution in [0, 0.1) is 19.7 Å². The Morgan fingerprint density at radius 2 is 1.94 bits per heavy atom. The van der Waals surface area contributed by atoms with E-state index in [4.69, 9.17) is 14.3 Å². The van der Waals surface area contributed by atoms with Gasteiger partial charge in [0.05, 0.1) is 16.1 Å². The van der Waals surface area contributed by atoms with Gasteiger partial charge in [-0.15, -0.1) is 11.3 Å². The summed E-state index contributed by atoms with van der Waals surface area (Å²) in [6, 6.07) is 6.04. The van der Waals surface area contributed by atoms with Gasteiger partial charge in [-0.1, -0.05) is 6.07 Å². The zero-order valence-electron chi connectivity index (χ0n) is 17.3. The Labute approximate surface area is 188 Å². The van der Waals surface area contributed by atoms with Gasteiger partial charge in [-0.05, 0) is 37.6 Å². The number of hydrogen-bond donors (Lipinski definition) is 1. The van der Waals surface area contributed by atoms with E-state index in [1.807, 2.05) is 0 Å². The number of carbonyl (C=O) groups is 1. The molecule has 11 heteroatoms. The average molecular weight is 480 g/mol. The summed E-state index contributed by atoms with van der Waals surface area (Å²) in [5.41, 5.74) is 1.20. The maximum Gasteiger partial charge on any atom is 0.419 e. The van der Waals surface area contributed by atoms with Crippen LogP contribution in [0.25, 0.3) is 21.7 Å². The smallest absolute Gasteiger partial charge is 0.419 e. The van der Waals surface area contributed by atoms with Crippen LogP contribution in [0.5, 0.6) is 5.75 Å². The first-order chi connectivity index (χ1) is 15.5. The molecule has 1 N–H and O–H groups in total. The Morgan fingerprint density at radius 1 is 1.18 bits per heavy atom. The Bertz CT molecular complexity index is 1360. The number of aromatic nitrogens is 2. The summed E-state index contributed by atoms with van der Waals surface area (Å²) in [7, 11) is 0. The van der Waals surface area contributed by atoms with E-state index in [-0.39, 0.29) is 24.5 Å². The number of oxazole rings is 1. The van der Waals surface area contributed by atoms with E-state index in [1.165, 1.54) is 17.4 Å². The SMILES string of the molecule is Cc1nc(-c2ccc(C(F)(F)F)c(F)c2)sc1COc1cc(C)c2nc(CC(=O)O)oc2c1. The number of carboxylic acid groups (broad SMARTS) is 1. The molecular formula is C22H16F4N2O4S. The molecule has 0 fully saturated rings. The molecule has 0 saturated heterocycles. The predicted molar refractivity (Wildman–Crippen MR) is 112 cm³/mol. The van der Waals surface area contributed by atoms with E-state index in [0.717, 1.165) is 11.6 Å². The van der Waals surface area contributed by atoms with E-state index in [9.17, 15) is 22.4 Å². The van der Waals surface area contributed by atoms with E-state index in [1.54, 1.807) is 26.0 Å². The van der Waals surface area contributed by atoms with Crippen LogP contribution in [-0.2, 0) is 24.0 Å². The van der Waals surface area contributed by atoms with Gasteiger partial charge in [0.2, 0.25) is 5.89 Å².